The average Bonchev–Trinajstić information content (AvgIpc) is 2.63. The monoisotopic (exact) mass is 254 g/mol. The number of hydrogen-bond acceptors (Lipinski definition) is 5. The Hall–Kier alpha value is -2.42. The van der Waals surface area contributed by atoms with Gasteiger partial charge in [0.25, 0.3) is 0 Å². The Balaban J connectivity index is 2.56. The topological polar surface area (TPSA) is 159 Å². The van der Waals surface area contributed by atoms with Crippen LogP contribution in [0.5, 0.6) is 0 Å². The maximum Gasteiger partial charge on any atom is 0.241 e. The van der Waals surface area contributed by atoms with Gasteiger partial charge in [-0.1, -0.05) is 0 Å². The maximum atomic E-state index is 11.5. The molecule has 0 radical (unpaired) electrons. The molecule has 98 valence electrons. The molecule has 0 aromatic carbocycles. The zero-order chi connectivity index (χ0) is 13.7. The molecule has 0 saturated carbocycles. The first kappa shape index (κ1) is 13.6. The van der Waals surface area contributed by atoms with Gasteiger partial charge in [0.15, 0.2) is 0 Å². The molecule has 0 spiro atoms. The van der Waals surface area contributed by atoms with E-state index in [4.69, 9.17) is 17.2 Å². The third-order valence-corrected chi connectivity index (χ3v) is 1.98. The van der Waals surface area contributed by atoms with Crippen LogP contribution < -0.4 is 22.5 Å². The van der Waals surface area contributed by atoms with Gasteiger partial charge in [0, 0.05) is 6.20 Å². The highest BCUT2D eigenvalue weighted by Crippen LogP contribution is 2.05. The summed E-state index contributed by atoms with van der Waals surface area (Å²) in [5, 5.41) is 6.23. The molecule has 9 nitrogen and oxygen atoms in total. The van der Waals surface area contributed by atoms with Gasteiger partial charge in [-0.3, -0.25) is 19.1 Å². The molecule has 18 heavy (non-hydrogen) atoms. The second-order valence-corrected chi connectivity index (χ2v) is 3.66. The number of carbonyl (C=O) groups excluding carboxylic acids is 3. The second-order valence-electron chi connectivity index (χ2n) is 3.66. The van der Waals surface area contributed by atoms with Gasteiger partial charge in [0.2, 0.25) is 17.7 Å². The van der Waals surface area contributed by atoms with E-state index in [1.54, 1.807) is 0 Å². The summed E-state index contributed by atoms with van der Waals surface area (Å²) in [6, 6.07) is -1.03. The number of aromatic nitrogens is 2. The summed E-state index contributed by atoms with van der Waals surface area (Å²) < 4.78 is 1.26. The van der Waals surface area contributed by atoms with E-state index in [1.807, 2.05) is 0 Å². The van der Waals surface area contributed by atoms with Crippen molar-refractivity contribution in [3.05, 3.63) is 12.4 Å². The van der Waals surface area contributed by atoms with Gasteiger partial charge in [-0.05, 0) is 0 Å². The minimum Gasteiger partial charge on any atom is -0.370 e. The van der Waals surface area contributed by atoms with Crippen LogP contribution in [0, 0.1) is 0 Å². The van der Waals surface area contributed by atoms with Gasteiger partial charge in [-0.2, -0.15) is 5.10 Å². The summed E-state index contributed by atoms with van der Waals surface area (Å²) >= 11 is 0. The summed E-state index contributed by atoms with van der Waals surface area (Å²) in [5.74, 6) is -1.78. The third-order valence-electron chi connectivity index (χ3n) is 1.98. The Kier molecular flexibility index (Phi) is 4.38. The molecule has 0 fully saturated rings. The average molecular weight is 254 g/mol. The summed E-state index contributed by atoms with van der Waals surface area (Å²) in [7, 11) is 0. The van der Waals surface area contributed by atoms with Crippen molar-refractivity contribution >= 4 is 23.4 Å². The molecule has 0 aliphatic heterocycles. The molecule has 9 heteroatoms. The number of nitrogens with two attached hydrogens (primary N) is 3. The van der Waals surface area contributed by atoms with Crippen molar-refractivity contribution in [2.24, 2.45) is 17.2 Å². The third kappa shape index (κ3) is 4.22. The number of carbonyl (C=O) groups is 3. The second kappa shape index (κ2) is 5.77. The zero-order valence-electron chi connectivity index (χ0n) is 9.50. The lowest BCUT2D eigenvalue weighted by Crippen LogP contribution is -2.38. The lowest BCUT2D eigenvalue weighted by molar-refractivity contribution is -0.123. The molecular formula is C9H14N6O3. The Labute approximate surface area is 102 Å². The van der Waals surface area contributed by atoms with Crippen molar-refractivity contribution in [3.63, 3.8) is 0 Å². The number of rotatable bonds is 6. The normalized spacial score (nSPS) is 11.8. The first-order valence-corrected chi connectivity index (χ1v) is 5.04. The largest absolute Gasteiger partial charge is 0.370 e. The molecule has 1 aromatic rings. The fraction of sp³-hybridized carbons (Fsp3) is 0.333. The quantitative estimate of drug-likeness (QED) is 0.441. The summed E-state index contributed by atoms with van der Waals surface area (Å²) in [6.45, 7) is -0.0940. The first-order chi connectivity index (χ1) is 8.38. The van der Waals surface area contributed by atoms with E-state index in [2.05, 4.69) is 10.4 Å². The number of nitrogens with zero attached hydrogens (tertiary/aromatic N) is 2. The number of anilines is 1. The van der Waals surface area contributed by atoms with Gasteiger partial charge >= 0.3 is 0 Å². The molecule has 0 aliphatic rings. The summed E-state index contributed by atoms with van der Waals surface area (Å²) in [6.07, 6.45) is 2.50. The molecular weight excluding hydrogens is 240 g/mol. The minimum atomic E-state index is -1.03. The Morgan fingerprint density at radius 1 is 1.33 bits per heavy atom. The molecule has 0 saturated heterocycles. The lowest BCUT2D eigenvalue weighted by Gasteiger charge is -2.08. The molecule has 7 N–H and O–H groups in total. The maximum absolute atomic E-state index is 11.5. The highest BCUT2D eigenvalue weighted by Gasteiger charge is 2.16. The zero-order valence-corrected chi connectivity index (χ0v) is 9.50. The van der Waals surface area contributed by atoms with Crippen molar-refractivity contribution in [2.45, 2.75) is 19.0 Å². The van der Waals surface area contributed by atoms with Crippen LogP contribution in [-0.4, -0.2) is 33.5 Å². The number of primary amides is 2. The van der Waals surface area contributed by atoms with E-state index in [9.17, 15) is 14.4 Å². The molecule has 1 unspecified atom stereocenters. The smallest absolute Gasteiger partial charge is 0.241 e. The Morgan fingerprint density at radius 2 is 2.00 bits per heavy atom. The fourth-order valence-electron chi connectivity index (χ4n) is 1.22. The summed E-state index contributed by atoms with van der Waals surface area (Å²) in [5.41, 5.74) is 15.7. The Bertz CT molecular complexity index is 469. The predicted octanol–water partition coefficient (Wildman–Crippen LogP) is -2.49. The predicted molar refractivity (Wildman–Crippen MR) is 61.8 cm³/mol. The SMILES string of the molecule is NC(=O)CC(N)C(=O)Nc1cnn(CC(N)=O)c1. The molecule has 1 rings (SSSR count). The molecule has 0 aliphatic carbocycles. The number of nitrogens with one attached hydrogen (secondary N) is 1. The van der Waals surface area contributed by atoms with E-state index in [0.717, 1.165) is 0 Å². The standard InChI is InChI=1S/C9H14N6O3/c10-6(1-7(11)16)9(18)14-5-2-13-15(3-5)4-8(12)17/h2-3,6H,1,4,10H2,(H2,11,16)(H2,12,17)(H,14,18). The van der Waals surface area contributed by atoms with Crippen LogP contribution in [0.4, 0.5) is 5.69 Å². The van der Waals surface area contributed by atoms with Gasteiger partial charge < -0.3 is 22.5 Å². The van der Waals surface area contributed by atoms with E-state index >= 15 is 0 Å². The fourth-order valence-corrected chi connectivity index (χ4v) is 1.22. The molecule has 1 aromatic heterocycles. The molecule has 1 heterocycles. The minimum absolute atomic E-state index is 0.0940. The number of hydrogen-bond donors (Lipinski definition) is 4. The molecule has 1 atom stereocenters. The van der Waals surface area contributed by atoms with Gasteiger partial charge in [-0.25, -0.2) is 0 Å². The van der Waals surface area contributed by atoms with Crippen molar-refractivity contribution in [2.75, 3.05) is 5.32 Å². The van der Waals surface area contributed by atoms with Crippen LogP contribution in [0.3, 0.4) is 0 Å². The van der Waals surface area contributed by atoms with Crippen LogP contribution in [-0.2, 0) is 20.9 Å². The highest BCUT2D eigenvalue weighted by atomic mass is 16.2. The van der Waals surface area contributed by atoms with Crippen LogP contribution in [0.15, 0.2) is 12.4 Å². The first-order valence-electron chi connectivity index (χ1n) is 5.04. The number of amides is 3. The molecule has 0 bridgehead atoms. The van der Waals surface area contributed by atoms with E-state index in [-0.39, 0.29) is 13.0 Å². The van der Waals surface area contributed by atoms with Crippen molar-refractivity contribution in [1.29, 1.82) is 0 Å². The van der Waals surface area contributed by atoms with Crippen molar-refractivity contribution in [1.82, 2.24) is 9.78 Å². The van der Waals surface area contributed by atoms with E-state index < -0.39 is 23.8 Å². The van der Waals surface area contributed by atoms with Crippen LogP contribution >= 0.6 is 0 Å². The van der Waals surface area contributed by atoms with Gasteiger partial charge in [0.1, 0.15) is 6.54 Å². The molecule has 3 amide bonds. The van der Waals surface area contributed by atoms with Gasteiger partial charge in [0.05, 0.1) is 24.3 Å². The van der Waals surface area contributed by atoms with Crippen molar-refractivity contribution < 1.29 is 14.4 Å². The van der Waals surface area contributed by atoms with Crippen molar-refractivity contribution in [3.8, 4) is 0 Å². The van der Waals surface area contributed by atoms with E-state index in [1.165, 1.54) is 17.1 Å². The van der Waals surface area contributed by atoms with Crippen LogP contribution in [0.1, 0.15) is 6.42 Å². The lowest BCUT2D eigenvalue weighted by atomic mass is 10.2. The summed E-state index contributed by atoms with van der Waals surface area (Å²) in [4.78, 5) is 32.7. The highest BCUT2D eigenvalue weighted by molar-refractivity contribution is 5.97. The Morgan fingerprint density at radius 3 is 2.56 bits per heavy atom. The van der Waals surface area contributed by atoms with E-state index in [0.29, 0.717) is 5.69 Å². The van der Waals surface area contributed by atoms with Crippen LogP contribution in [0.2, 0.25) is 0 Å². The van der Waals surface area contributed by atoms with Gasteiger partial charge in [-0.15, -0.1) is 0 Å². The van der Waals surface area contributed by atoms with Crippen LogP contribution in [0.25, 0.3) is 0 Å².